The molecule has 1 rings (SSSR count). The first-order chi connectivity index (χ1) is 4.13. The summed E-state index contributed by atoms with van der Waals surface area (Å²) in [6.07, 6.45) is 1.13. The molecule has 3 unspecified atom stereocenters. The Morgan fingerprint density at radius 2 is 2.11 bits per heavy atom. The normalized spacial score (nSPS) is 43.9. The Labute approximate surface area is 56.9 Å². The van der Waals surface area contributed by atoms with Gasteiger partial charge in [0.05, 0.1) is 0 Å². The summed E-state index contributed by atoms with van der Waals surface area (Å²) in [4.78, 5) is 0. The smallest absolute Gasteiger partial charge is 0.0131 e. The SMILES string of the molecule is C=C1CC(C)C(N)C1C. The summed E-state index contributed by atoms with van der Waals surface area (Å²) >= 11 is 0. The first kappa shape index (κ1) is 6.81. The monoisotopic (exact) mass is 125 g/mol. The second-order valence-electron chi connectivity index (χ2n) is 3.21. The first-order valence-electron chi connectivity index (χ1n) is 3.56. The Morgan fingerprint density at radius 3 is 2.22 bits per heavy atom. The van der Waals surface area contributed by atoms with Crippen LogP contribution in [0.2, 0.25) is 0 Å². The Balaban J connectivity index is 2.65. The van der Waals surface area contributed by atoms with Crippen molar-refractivity contribution in [2.75, 3.05) is 0 Å². The molecular formula is C8H15N. The minimum Gasteiger partial charge on any atom is -0.327 e. The fourth-order valence-electron chi connectivity index (χ4n) is 1.50. The molecule has 1 aliphatic rings. The van der Waals surface area contributed by atoms with Gasteiger partial charge in [0.15, 0.2) is 0 Å². The number of rotatable bonds is 0. The summed E-state index contributed by atoms with van der Waals surface area (Å²) in [6, 6.07) is 0.359. The quantitative estimate of drug-likeness (QED) is 0.488. The van der Waals surface area contributed by atoms with E-state index in [1.54, 1.807) is 0 Å². The van der Waals surface area contributed by atoms with Crippen LogP contribution in [0.1, 0.15) is 20.3 Å². The largest absolute Gasteiger partial charge is 0.327 e. The molecule has 0 aliphatic heterocycles. The van der Waals surface area contributed by atoms with Gasteiger partial charge in [0.2, 0.25) is 0 Å². The Morgan fingerprint density at radius 1 is 1.56 bits per heavy atom. The van der Waals surface area contributed by atoms with Gasteiger partial charge in [-0.1, -0.05) is 26.0 Å². The van der Waals surface area contributed by atoms with E-state index in [2.05, 4.69) is 20.4 Å². The molecule has 1 fully saturated rings. The number of hydrogen-bond donors (Lipinski definition) is 1. The zero-order chi connectivity index (χ0) is 7.02. The van der Waals surface area contributed by atoms with Gasteiger partial charge >= 0.3 is 0 Å². The Kier molecular flexibility index (Phi) is 1.62. The van der Waals surface area contributed by atoms with Crippen molar-refractivity contribution in [3.63, 3.8) is 0 Å². The van der Waals surface area contributed by atoms with Crippen molar-refractivity contribution in [1.82, 2.24) is 0 Å². The van der Waals surface area contributed by atoms with E-state index in [-0.39, 0.29) is 0 Å². The fraction of sp³-hybridized carbons (Fsp3) is 0.750. The van der Waals surface area contributed by atoms with Gasteiger partial charge in [-0.05, 0) is 18.3 Å². The highest BCUT2D eigenvalue weighted by atomic mass is 14.7. The van der Waals surface area contributed by atoms with Gasteiger partial charge in [-0.2, -0.15) is 0 Å². The molecule has 52 valence electrons. The van der Waals surface area contributed by atoms with Gasteiger partial charge in [0.25, 0.3) is 0 Å². The summed E-state index contributed by atoms with van der Waals surface area (Å²) in [6.45, 7) is 8.31. The van der Waals surface area contributed by atoms with Crippen LogP contribution in [0.25, 0.3) is 0 Å². The van der Waals surface area contributed by atoms with Crippen molar-refractivity contribution in [3.8, 4) is 0 Å². The molecule has 0 heterocycles. The summed E-state index contributed by atoms with van der Waals surface area (Å²) < 4.78 is 0. The van der Waals surface area contributed by atoms with Gasteiger partial charge in [-0.15, -0.1) is 0 Å². The van der Waals surface area contributed by atoms with E-state index in [1.807, 2.05) is 0 Å². The molecular weight excluding hydrogens is 110 g/mol. The molecule has 1 heteroatoms. The molecule has 1 nitrogen and oxygen atoms in total. The van der Waals surface area contributed by atoms with Crippen LogP contribution in [0.3, 0.4) is 0 Å². The molecule has 2 N–H and O–H groups in total. The molecule has 0 spiro atoms. The number of hydrogen-bond acceptors (Lipinski definition) is 1. The summed E-state index contributed by atoms with van der Waals surface area (Å²) in [7, 11) is 0. The zero-order valence-corrected chi connectivity index (χ0v) is 6.22. The van der Waals surface area contributed by atoms with E-state index >= 15 is 0 Å². The lowest BCUT2D eigenvalue weighted by Gasteiger charge is -2.12. The van der Waals surface area contributed by atoms with E-state index < -0.39 is 0 Å². The van der Waals surface area contributed by atoms with Crippen molar-refractivity contribution >= 4 is 0 Å². The van der Waals surface area contributed by atoms with Crippen molar-refractivity contribution < 1.29 is 0 Å². The minimum absolute atomic E-state index is 0.359. The third-order valence-corrected chi connectivity index (χ3v) is 2.46. The van der Waals surface area contributed by atoms with E-state index in [0.717, 1.165) is 6.42 Å². The van der Waals surface area contributed by atoms with Crippen molar-refractivity contribution in [1.29, 1.82) is 0 Å². The van der Waals surface area contributed by atoms with E-state index in [1.165, 1.54) is 5.57 Å². The predicted molar refractivity (Wildman–Crippen MR) is 40.1 cm³/mol. The zero-order valence-electron chi connectivity index (χ0n) is 6.22. The summed E-state index contributed by atoms with van der Waals surface area (Å²) in [5.74, 6) is 1.19. The summed E-state index contributed by atoms with van der Waals surface area (Å²) in [5, 5.41) is 0. The maximum atomic E-state index is 5.85. The van der Waals surface area contributed by atoms with E-state index in [0.29, 0.717) is 17.9 Å². The third-order valence-electron chi connectivity index (χ3n) is 2.46. The van der Waals surface area contributed by atoms with Gasteiger partial charge in [0, 0.05) is 6.04 Å². The standard InChI is InChI=1S/C8H15N/c1-5-4-6(2)8(9)7(5)3/h6-8H,1,4,9H2,2-3H3. The molecule has 0 radical (unpaired) electrons. The van der Waals surface area contributed by atoms with Crippen LogP contribution in [-0.2, 0) is 0 Å². The Bertz CT molecular complexity index is 129. The van der Waals surface area contributed by atoms with Crippen molar-refractivity contribution in [3.05, 3.63) is 12.2 Å². The molecule has 1 saturated carbocycles. The average molecular weight is 125 g/mol. The van der Waals surface area contributed by atoms with Crippen LogP contribution in [-0.4, -0.2) is 6.04 Å². The van der Waals surface area contributed by atoms with Crippen LogP contribution in [0.5, 0.6) is 0 Å². The lowest BCUT2D eigenvalue weighted by atomic mass is 10.0. The van der Waals surface area contributed by atoms with E-state index in [9.17, 15) is 0 Å². The lowest BCUT2D eigenvalue weighted by molar-refractivity contribution is 0.465. The second kappa shape index (κ2) is 2.14. The highest BCUT2D eigenvalue weighted by Gasteiger charge is 2.29. The van der Waals surface area contributed by atoms with E-state index in [4.69, 9.17) is 5.73 Å². The maximum absolute atomic E-state index is 5.85. The van der Waals surface area contributed by atoms with Crippen LogP contribution in [0.4, 0.5) is 0 Å². The highest BCUT2D eigenvalue weighted by molar-refractivity contribution is 5.11. The molecule has 3 atom stereocenters. The third kappa shape index (κ3) is 1.01. The topological polar surface area (TPSA) is 26.0 Å². The molecule has 1 aliphatic carbocycles. The average Bonchev–Trinajstić information content (AvgIpc) is 1.98. The molecule has 0 aromatic heterocycles. The molecule has 0 aromatic carbocycles. The van der Waals surface area contributed by atoms with Crippen molar-refractivity contribution in [2.45, 2.75) is 26.3 Å². The van der Waals surface area contributed by atoms with Crippen molar-refractivity contribution in [2.24, 2.45) is 17.6 Å². The first-order valence-corrected chi connectivity index (χ1v) is 3.56. The number of nitrogens with two attached hydrogens (primary N) is 1. The van der Waals surface area contributed by atoms with Gasteiger partial charge in [-0.3, -0.25) is 0 Å². The fourth-order valence-corrected chi connectivity index (χ4v) is 1.50. The summed E-state index contributed by atoms with van der Waals surface area (Å²) in [5.41, 5.74) is 7.18. The minimum atomic E-state index is 0.359. The van der Waals surface area contributed by atoms with Gasteiger partial charge < -0.3 is 5.73 Å². The second-order valence-corrected chi connectivity index (χ2v) is 3.21. The lowest BCUT2D eigenvalue weighted by Crippen LogP contribution is -2.28. The maximum Gasteiger partial charge on any atom is 0.0131 e. The van der Waals surface area contributed by atoms with Gasteiger partial charge in [-0.25, -0.2) is 0 Å². The molecule has 0 aromatic rings. The van der Waals surface area contributed by atoms with Crippen LogP contribution in [0, 0.1) is 11.8 Å². The van der Waals surface area contributed by atoms with Crippen LogP contribution < -0.4 is 5.73 Å². The van der Waals surface area contributed by atoms with Gasteiger partial charge in [0.1, 0.15) is 0 Å². The predicted octanol–water partition coefficient (Wildman–Crippen LogP) is 1.55. The molecule has 9 heavy (non-hydrogen) atoms. The van der Waals surface area contributed by atoms with Crippen LogP contribution >= 0.6 is 0 Å². The molecule has 0 saturated heterocycles. The molecule has 0 bridgehead atoms. The van der Waals surface area contributed by atoms with Crippen LogP contribution in [0.15, 0.2) is 12.2 Å². The molecule has 0 amide bonds. The highest BCUT2D eigenvalue weighted by Crippen LogP contribution is 2.32. The Hall–Kier alpha value is -0.300.